The molecule has 0 spiro atoms. The Balaban J connectivity index is 1.98. The molecule has 30 heavy (non-hydrogen) atoms. The first-order valence-electron chi connectivity index (χ1n) is 10.9. The zero-order chi connectivity index (χ0) is 22.1. The Morgan fingerprint density at radius 3 is 2.57 bits per heavy atom. The van der Waals surface area contributed by atoms with Crippen molar-refractivity contribution in [2.24, 2.45) is 0 Å². The molecule has 1 saturated heterocycles. The molecule has 1 aromatic rings. The molecule has 0 saturated carbocycles. The van der Waals surface area contributed by atoms with Gasteiger partial charge >= 0.3 is 0 Å². The van der Waals surface area contributed by atoms with E-state index in [1.54, 1.807) is 11.0 Å². The van der Waals surface area contributed by atoms with Crippen LogP contribution in [0.5, 0.6) is 0 Å². The Hall–Kier alpha value is -1.54. The minimum atomic E-state index is 0.0685. The normalized spacial score (nSPS) is 16.6. The molecule has 1 aliphatic heterocycles. The van der Waals surface area contributed by atoms with Crippen LogP contribution in [0.2, 0.25) is 5.15 Å². The Bertz CT molecular complexity index is 717. The molecule has 7 nitrogen and oxygen atoms in total. The van der Waals surface area contributed by atoms with Crippen LogP contribution in [-0.2, 0) is 9.59 Å². The van der Waals surface area contributed by atoms with E-state index in [2.05, 4.69) is 28.7 Å². The fourth-order valence-corrected chi connectivity index (χ4v) is 4.60. The predicted octanol–water partition coefficient (Wildman–Crippen LogP) is 3.71. The third kappa shape index (κ3) is 7.01. The number of amides is 2. The van der Waals surface area contributed by atoms with Crippen molar-refractivity contribution in [2.75, 3.05) is 43.4 Å². The smallest absolute Gasteiger partial charge is 0.233 e. The van der Waals surface area contributed by atoms with Gasteiger partial charge in [0.05, 0.1) is 5.75 Å². The summed E-state index contributed by atoms with van der Waals surface area (Å²) in [6, 6.07) is 1.87. The van der Waals surface area contributed by atoms with Gasteiger partial charge in [0.25, 0.3) is 0 Å². The zero-order valence-electron chi connectivity index (χ0n) is 18.6. The lowest BCUT2D eigenvalue weighted by Crippen LogP contribution is -2.54. The number of thioether (sulfide) groups is 1. The van der Waals surface area contributed by atoms with E-state index in [9.17, 15) is 9.59 Å². The maximum Gasteiger partial charge on any atom is 0.233 e. The molecule has 9 heteroatoms. The molecule has 0 radical (unpaired) electrons. The average Bonchev–Trinajstić information content (AvgIpc) is 2.72. The van der Waals surface area contributed by atoms with Gasteiger partial charge in [0.1, 0.15) is 11.0 Å². The van der Waals surface area contributed by atoms with Crippen molar-refractivity contribution in [1.29, 1.82) is 0 Å². The van der Waals surface area contributed by atoms with Crippen LogP contribution in [0, 0.1) is 0 Å². The fourth-order valence-electron chi connectivity index (χ4n) is 3.61. The number of hydrogen-bond acceptors (Lipinski definition) is 6. The molecule has 2 heterocycles. The number of carbonyl (C=O) groups excluding carboxylic acids is 2. The van der Waals surface area contributed by atoms with Gasteiger partial charge in [0.15, 0.2) is 5.16 Å². The molecule has 2 amide bonds. The molecule has 2 rings (SSSR count). The van der Waals surface area contributed by atoms with Crippen LogP contribution < -0.4 is 4.90 Å². The van der Waals surface area contributed by atoms with Gasteiger partial charge in [-0.25, -0.2) is 9.97 Å². The third-order valence-corrected chi connectivity index (χ3v) is 6.39. The molecule has 1 aliphatic rings. The molecular formula is C21H34ClN5O2S. The van der Waals surface area contributed by atoms with Gasteiger partial charge in [-0.15, -0.1) is 0 Å². The Kier molecular flexibility index (Phi) is 10.2. The lowest BCUT2D eigenvalue weighted by molar-refractivity contribution is -0.133. The average molecular weight is 456 g/mol. The number of hydrogen-bond donors (Lipinski definition) is 0. The summed E-state index contributed by atoms with van der Waals surface area (Å²) in [5, 5.41) is 0.868. The number of piperazine rings is 1. The van der Waals surface area contributed by atoms with Crippen LogP contribution in [0.4, 0.5) is 5.82 Å². The number of halogens is 1. The van der Waals surface area contributed by atoms with E-state index in [4.69, 9.17) is 11.6 Å². The van der Waals surface area contributed by atoms with Gasteiger partial charge in [-0.2, -0.15) is 0 Å². The first kappa shape index (κ1) is 24.7. The van der Waals surface area contributed by atoms with Crippen LogP contribution in [0.3, 0.4) is 0 Å². The lowest BCUT2D eigenvalue weighted by atomic mass is 10.1. The first-order chi connectivity index (χ1) is 14.4. The third-order valence-electron chi connectivity index (χ3n) is 5.37. The van der Waals surface area contributed by atoms with E-state index in [1.807, 2.05) is 18.7 Å². The van der Waals surface area contributed by atoms with E-state index in [1.165, 1.54) is 11.8 Å². The molecule has 0 bridgehead atoms. The van der Waals surface area contributed by atoms with Crippen molar-refractivity contribution < 1.29 is 9.59 Å². The molecule has 1 aromatic heterocycles. The van der Waals surface area contributed by atoms with Crippen LogP contribution in [-0.4, -0.2) is 76.1 Å². The predicted molar refractivity (Wildman–Crippen MR) is 123 cm³/mol. The Labute approximate surface area is 189 Å². The summed E-state index contributed by atoms with van der Waals surface area (Å²) in [5.41, 5.74) is 0. The number of carbonyl (C=O) groups is 2. The van der Waals surface area contributed by atoms with Crippen molar-refractivity contribution in [3.63, 3.8) is 0 Å². The van der Waals surface area contributed by atoms with Gasteiger partial charge in [0, 0.05) is 51.3 Å². The standard InChI is InChI=1S/C21H34ClN5O2S/c1-5-8-9-10-19(28)27-12-11-26(14-16(27)4)18-13-17(22)23-21(24-18)30-15-20(29)25(6-2)7-3/h13,16H,5-12,14-15H2,1-4H3. The lowest BCUT2D eigenvalue weighted by Gasteiger charge is -2.40. The van der Waals surface area contributed by atoms with E-state index >= 15 is 0 Å². The second kappa shape index (κ2) is 12.3. The number of nitrogens with zero attached hydrogens (tertiary/aromatic N) is 5. The second-order valence-electron chi connectivity index (χ2n) is 7.53. The van der Waals surface area contributed by atoms with E-state index < -0.39 is 0 Å². The Morgan fingerprint density at radius 2 is 1.93 bits per heavy atom. The van der Waals surface area contributed by atoms with Gasteiger partial charge in [0.2, 0.25) is 11.8 Å². The van der Waals surface area contributed by atoms with E-state index in [0.717, 1.165) is 25.1 Å². The van der Waals surface area contributed by atoms with E-state index in [-0.39, 0.29) is 23.6 Å². The summed E-state index contributed by atoms with van der Waals surface area (Å²) in [4.78, 5) is 39.6. The monoisotopic (exact) mass is 455 g/mol. The zero-order valence-corrected chi connectivity index (χ0v) is 20.1. The highest BCUT2D eigenvalue weighted by atomic mass is 35.5. The second-order valence-corrected chi connectivity index (χ2v) is 8.86. The highest BCUT2D eigenvalue weighted by Gasteiger charge is 2.28. The van der Waals surface area contributed by atoms with Crippen molar-refractivity contribution in [2.45, 2.75) is 64.6 Å². The molecule has 1 unspecified atom stereocenters. The van der Waals surface area contributed by atoms with Crippen molar-refractivity contribution in [3.8, 4) is 0 Å². The maximum absolute atomic E-state index is 12.5. The van der Waals surface area contributed by atoms with Crippen molar-refractivity contribution in [3.05, 3.63) is 11.2 Å². The summed E-state index contributed by atoms with van der Waals surface area (Å²) >= 11 is 7.55. The molecule has 168 valence electrons. The molecule has 0 aromatic carbocycles. The molecular weight excluding hydrogens is 422 g/mol. The van der Waals surface area contributed by atoms with Crippen LogP contribution in [0.15, 0.2) is 11.2 Å². The number of unbranched alkanes of at least 4 members (excludes halogenated alkanes) is 2. The fraction of sp³-hybridized carbons (Fsp3) is 0.714. The quantitative estimate of drug-likeness (QED) is 0.232. The van der Waals surface area contributed by atoms with Crippen molar-refractivity contribution in [1.82, 2.24) is 19.8 Å². The molecule has 0 aliphatic carbocycles. The van der Waals surface area contributed by atoms with Gasteiger partial charge in [-0.1, -0.05) is 43.1 Å². The topological polar surface area (TPSA) is 69.6 Å². The van der Waals surface area contributed by atoms with Crippen LogP contribution in [0.1, 0.15) is 53.4 Å². The van der Waals surface area contributed by atoms with Gasteiger partial charge in [-0.05, 0) is 27.2 Å². The summed E-state index contributed by atoms with van der Waals surface area (Å²) in [5.74, 6) is 1.34. The number of anilines is 1. The summed E-state index contributed by atoms with van der Waals surface area (Å²) in [6.07, 6.45) is 3.79. The highest BCUT2D eigenvalue weighted by Crippen LogP contribution is 2.24. The maximum atomic E-state index is 12.5. The van der Waals surface area contributed by atoms with Gasteiger partial charge < -0.3 is 14.7 Å². The molecule has 1 atom stereocenters. The highest BCUT2D eigenvalue weighted by molar-refractivity contribution is 7.99. The minimum absolute atomic E-state index is 0.0685. The number of rotatable bonds is 10. The summed E-state index contributed by atoms with van der Waals surface area (Å²) < 4.78 is 0. The SMILES string of the molecule is CCCCCC(=O)N1CCN(c2cc(Cl)nc(SCC(=O)N(CC)CC)n2)CC1C. The summed E-state index contributed by atoms with van der Waals surface area (Å²) in [7, 11) is 0. The number of aromatic nitrogens is 2. The molecule has 1 fully saturated rings. The van der Waals surface area contributed by atoms with E-state index in [0.29, 0.717) is 49.5 Å². The Morgan fingerprint density at radius 1 is 1.20 bits per heavy atom. The largest absolute Gasteiger partial charge is 0.353 e. The minimum Gasteiger partial charge on any atom is -0.353 e. The van der Waals surface area contributed by atoms with Crippen molar-refractivity contribution >= 4 is 41.0 Å². The van der Waals surface area contributed by atoms with Crippen LogP contribution >= 0.6 is 23.4 Å². The van der Waals surface area contributed by atoms with Gasteiger partial charge in [-0.3, -0.25) is 9.59 Å². The first-order valence-corrected chi connectivity index (χ1v) is 12.2. The summed E-state index contributed by atoms with van der Waals surface area (Å²) in [6.45, 7) is 11.6. The molecule has 0 N–H and O–H groups in total. The van der Waals surface area contributed by atoms with Crippen LogP contribution in [0.25, 0.3) is 0 Å².